The maximum atomic E-state index is 12.1. The van der Waals surface area contributed by atoms with Crippen LogP contribution in [0.2, 0.25) is 0 Å². The summed E-state index contributed by atoms with van der Waals surface area (Å²) in [5.74, 6) is 0.525. The number of rotatable bonds is 6. The second-order valence-electron chi connectivity index (χ2n) is 6.17. The molecule has 2 N–H and O–H groups in total. The molecule has 0 aromatic rings. The smallest absolute Gasteiger partial charge is 0.223 e. The lowest BCUT2D eigenvalue weighted by atomic mass is 10.0. The number of piperidine rings is 1. The number of nitrogens with zero attached hydrogens (tertiary/aromatic N) is 1. The first-order valence-electron chi connectivity index (χ1n) is 7.88. The number of β-amino-alcohol motifs (C(OH)–C–C–N with tert-alkyl or cyclic N) is 1. The minimum Gasteiger partial charge on any atom is -0.389 e. The van der Waals surface area contributed by atoms with Crippen LogP contribution in [0.4, 0.5) is 0 Å². The van der Waals surface area contributed by atoms with E-state index in [4.69, 9.17) is 4.74 Å². The van der Waals surface area contributed by atoms with Crippen LogP contribution < -0.4 is 5.32 Å². The molecule has 116 valence electrons. The van der Waals surface area contributed by atoms with E-state index < -0.39 is 6.10 Å². The predicted octanol–water partition coefficient (Wildman–Crippen LogP) is 0.764. The van der Waals surface area contributed by atoms with Crippen molar-refractivity contribution in [1.29, 1.82) is 0 Å². The van der Waals surface area contributed by atoms with Crippen LogP contribution in [0.1, 0.15) is 38.5 Å². The number of ether oxygens (including phenoxy) is 1. The highest BCUT2D eigenvalue weighted by atomic mass is 16.5. The zero-order valence-corrected chi connectivity index (χ0v) is 12.5. The third kappa shape index (κ3) is 4.72. The van der Waals surface area contributed by atoms with Gasteiger partial charge in [-0.25, -0.2) is 0 Å². The van der Waals surface area contributed by atoms with E-state index >= 15 is 0 Å². The largest absolute Gasteiger partial charge is 0.389 e. The molecule has 0 aromatic heterocycles. The van der Waals surface area contributed by atoms with Gasteiger partial charge in [-0.1, -0.05) is 12.8 Å². The van der Waals surface area contributed by atoms with Gasteiger partial charge < -0.3 is 20.1 Å². The molecule has 0 radical (unpaired) electrons. The average Bonchev–Trinajstić information content (AvgIpc) is 2.95. The second kappa shape index (κ2) is 7.96. The van der Waals surface area contributed by atoms with Gasteiger partial charge in [0.2, 0.25) is 5.91 Å². The molecule has 1 aliphatic carbocycles. The van der Waals surface area contributed by atoms with Gasteiger partial charge >= 0.3 is 0 Å². The summed E-state index contributed by atoms with van der Waals surface area (Å²) >= 11 is 0. The number of hydrogen-bond donors (Lipinski definition) is 2. The highest BCUT2D eigenvalue weighted by molar-refractivity contribution is 5.79. The van der Waals surface area contributed by atoms with Gasteiger partial charge in [0.15, 0.2) is 0 Å². The monoisotopic (exact) mass is 284 g/mol. The van der Waals surface area contributed by atoms with Crippen molar-refractivity contribution in [2.24, 2.45) is 5.92 Å². The van der Waals surface area contributed by atoms with E-state index in [0.717, 1.165) is 38.8 Å². The van der Waals surface area contributed by atoms with Gasteiger partial charge in [-0.2, -0.15) is 0 Å². The zero-order valence-electron chi connectivity index (χ0n) is 12.5. The Morgan fingerprint density at radius 1 is 1.30 bits per heavy atom. The van der Waals surface area contributed by atoms with Crippen molar-refractivity contribution in [3.63, 3.8) is 0 Å². The van der Waals surface area contributed by atoms with Crippen molar-refractivity contribution < 1.29 is 14.6 Å². The summed E-state index contributed by atoms with van der Waals surface area (Å²) in [5.41, 5.74) is 0. The molecular formula is C15H28N2O3. The number of amides is 1. The molecular weight excluding hydrogens is 256 g/mol. The number of carbonyl (C=O) groups excluding carboxylic acids is 1. The van der Waals surface area contributed by atoms with Crippen molar-refractivity contribution in [1.82, 2.24) is 10.2 Å². The fourth-order valence-corrected chi connectivity index (χ4v) is 3.31. The lowest BCUT2D eigenvalue weighted by Crippen LogP contribution is -2.48. The standard InChI is InChI=1S/C15H28N2O3/c1-20-11-14(18)10-17-8-6-13(7-9-17)16-15(19)12-4-2-3-5-12/h12-14,18H,2-11H2,1H3,(H,16,19). The van der Waals surface area contributed by atoms with Crippen LogP contribution in [-0.4, -0.2) is 61.4 Å². The van der Waals surface area contributed by atoms with Gasteiger partial charge in [0.25, 0.3) is 0 Å². The van der Waals surface area contributed by atoms with Crippen LogP contribution in [0.3, 0.4) is 0 Å². The lowest BCUT2D eigenvalue weighted by molar-refractivity contribution is -0.125. The summed E-state index contributed by atoms with van der Waals surface area (Å²) in [4.78, 5) is 14.3. The molecule has 0 aromatic carbocycles. The molecule has 5 nitrogen and oxygen atoms in total. The SMILES string of the molecule is COCC(O)CN1CCC(NC(=O)C2CCCC2)CC1. The molecule has 20 heavy (non-hydrogen) atoms. The Morgan fingerprint density at radius 2 is 1.95 bits per heavy atom. The van der Waals surface area contributed by atoms with Gasteiger partial charge in [0.1, 0.15) is 0 Å². The lowest BCUT2D eigenvalue weighted by Gasteiger charge is -2.33. The average molecular weight is 284 g/mol. The number of carbonyl (C=O) groups is 1. The van der Waals surface area contributed by atoms with Crippen molar-refractivity contribution in [3.05, 3.63) is 0 Å². The molecule has 1 saturated heterocycles. The molecule has 2 aliphatic rings. The van der Waals surface area contributed by atoms with Gasteiger partial charge in [-0.15, -0.1) is 0 Å². The van der Waals surface area contributed by atoms with Crippen molar-refractivity contribution >= 4 is 5.91 Å². The predicted molar refractivity (Wildman–Crippen MR) is 77.4 cm³/mol. The second-order valence-corrected chi connectivity index (χ2v) is 6.17. The molecule has 1 saturated carbocycles. The first-order valence-corrected chi connectivity index (χ1v) is 7.88. The van der Waals surface area contributed by atoms with Crippen molar-refractivity contribution in [2.75, 3.05) is 33.4 Å². The fourth-order valence-electron chi connectivity index (χ4n) is 3.31. The Hall–Kier alpha value is -0.650. The van der Waals surface area contributed by atoms with Gasteiger partial charge in [0.05, 0.1) is 12.7 Å². The third-order valence-electron chi connectivity index (χ3n) is 4.49. The number of aliphatic hydroxyl groups excluding tert-OH is 1. The Balaban J connectivity index is 1.64. The van der Waals surface area contributed by atoms with E-state index in [1.54, 1.807) is 7.11 Å². The highest BCUT2D eigenvalue weighted by Crippen LogP contribution is 2.25. The van der Waals surface area contributed by atoms with E-state index in [1.165, 1.54) is 12.8 Å². The molecule has 1 aliphatic heterocycles. The summed E-state index contributed by atoms with van der Waals surface area (Å²) in [6, 6.07) is 0.318. The molecule has 1 heterocycles. The van der Waals surface area contributed by atoms with Gasteiger partial charge in [-0.3, -0.25) is 4.79 Å². The first kappa shape index (κ1) is 15.7. The minimum absolute atomic E-state index is 0.261. The highest BCUT2D eigenvalue weighted by Gasteiger charge is 2.27. The quantitative estimate of drug-likeness (QED) is 0.756. The fraction of sp³-hybridized carbons (Fsp3) is 0.933. The Bertz CT molecular complexity index is 297. The molecule has 1 unspecified atom stereocenters. The molecule has 2 rings (SSSR count). The van der Waals surface area contributed by atoms with Crippen LogP contribution in [-0.2, 0) is 9.53 Å². The van der Waals surface area contributed by atoms with Crippen LogP contribution in [0.5, 0.6) is 0 Å². The van der Waals surface area contributed by atoms with E-state index in [1.807, 2.05) is 0 Å². The topological polar surface area (TPSA) is 61.8 Å². The Labute approximate surface area is 121 Å². The molecule has 0 spiro atoms. The van der Waals surface area contributed by atoms with E-state index in [-0.39, 0.29) is 11.8 Å². The van der Waals surface area contributed by atoms with Crippen LogP contribution in [0, 0.1) is 5.92 Å². The van der Waals surface area contributed by atoms with Crippen LogP contribution in [0.15, 0.2) is 0 Å². The van der Waals surface area contributed by atoms with E-state index in [2.05, 4.69) is 10.2 Å². The van der Waals surface area contributed by atoms with E-state index in [0.29, 0.717) is 19.2 Å². The number of hydrogen-bond acceptors (Lipinski definition) is 4. The normalized spacial score (nSPS) is 23.9. The van der Waals surface area contributed by atoms with Crippen LogP contribution >= 0.6 is 0 Å². The van der Waals surface area contributed by atoms with Crippen molar-refractivity contribution in [3.8, 4) is 0 Å². The summed E-state index contributed by atoms with van der Waals surface area (Å²) in [6.07, 6.45) is 6.09. The summed E-state index contributed by atoms with van der Waals surface area (Å²) in [6.45, 7) is 2.93. The molecule has 1 amide bonds. The number of methoxy groups -OCH3 is 1. The Kier molecular flexibility index (Phi) is 6.26. The van der Waals surface area contributed by atoms with Crippen LogP contribution in [0.25, 0.3) is 0 Å². The zero-order chi connectivity index (χ0) is 14.4. The van der Waals surface area contributed by atoms with Crippen molar-refractivity contribution in [2.45, 2.75) is 50.7 Å². The summed E-state index contributed by atoms with van der Waals surface area (Å²) in [5, 5.41) is 12.9. The molecule has 0 bridgehead atoms. The Morgan fingerprint density at radius 3 is 2.55 bits per heavy atom. The maximum Gasteiger partial charge on any atom is 0.223 e. The number of likely N-dealkylation sites (tertiary alicyclic amines) is 1. The number of nitrogens with one attached hydrogen (secondary N) is 1. The van der Waals surface area contributed by atoms with Gasteiger partial charge in [0, 0.05) is 38.7 Å². The van der Waals surface area contributed by atoms with E-state index in [9.17, 15) is 9.90 Å². The number of aliphatic hydroxyl groups is 1. The maximum absolute atomic E-state index is 12.1. The first-order chi connectivity index (χ1) is 9.69. The summed E-state index contributed by atoms with van der Waals surface area (Å²) < 4.78 is 4.94. The molecule has 1 atom stereocenters. The molecule has 5 heteroatoms. The molecule has 2 fully saturated rings. The third-order valence-corrected chi connectivity index (χ3v) is 4.49. The minimum atomic E-state index is -0.412. The summed E-state index contributed by atoms with van der Waals surface area (Å²) in [7, 11) is 1.61. The van der Waals surface area contributed by atoms with Gasteiger partial charge in [-0.05, 0) is 25.7 Å².